The van der Waals surface area contributed by atoms with E-state index >= 15 is 0 Å². The number of hydrogen-bond donors (Lipinski definition) is 0. The molecule has 0 N–H and O–H groups in total. The van der Waals surface area contributed by atoms with Gasteiger partial charge in [0.15, 0.2) is 11.6 Å². The zero-order valence-electron chi connectivity index (χ0n) is 9.62. The molecule has 1 fully saturated rings. The van der Waals surface area contributed by atoms with Crippen LogP contribution in [0.1, 0.15) is 12.0 Å². The van der Waals surface area contributed by atoms with Crippen LogP contribution in [0.3, 0.4) is 0 Å². The van der Waals surface area contributed by atoms with E-state index in [0.717, 1.165) is 18.4 Å². The summed E-state index contributed by atoms with van der Waals surface area (Å²) in [7, 11) is 0. The van der Waals surface area contributed by atoms with Crippen LogP contribution in [0, 0.1) is 17.6 Å². The van der Waals surface area contributed by atoms with Crippen LogP contribution in [-0.4, -0.2) is 26.1 Å². The fourth-order valence-corrected chi connectivity index (χ4v) is 2.85. The Kier molecular flexibility index (Phi) is 2.59. The van der Waals surface area contributed by atoms with Gasteiger partial charge in [0.1, 0.15) is 12.1 Å². The second kappa shape index (κ2) is 4.02. The molecule has 0 saturated carbocycles. The molecule has 2 aliphatic heterocycles. The van der Waals surface area contributed by atoms with Crippen molar-refractivity contribution in [2.24, 2.45) is 5.92 Å². The number of aldehydes is 1. The average molecular weight is 254 g/mol. The first-order valence-corrected chi connectivity index (χ1v) is 5.84. The molecule has 5 heteroatoms. The molecule has 2 heterocycles. The molecule has 0 aromatic heterocycles. The number of halogens is 2. The third kappa shape index (κ3) is 1.40. The molecule has 0 radical (unpaired) electrons. The van der Waals surface area contributed by atoms with Crippen LogP contribution in [0.15, 0.2) is 12.1 Å². The molecule has 2 aliphatic rings. The second-order valence-corrected chi connectivity index (χ2v) is 4.72. The molecule has 3 rings (SSSR count). The van der Waals surface area contributed by atoms with E-state index in [-0.39, 0.29) is 23.8 Å². The van der Waals surface area contributed by atoms with E-state index in [0.29, 0.717) is 19.6 Å². The van der Waals surface area contributed by atoms with E-state index in [1.165, 1.54) is 0 Å². The summed E-state index contributed by atoms with van der Waals surface area (Å²) >= 11 is 0. The minimum Gasteiger partial charge on any atom is -0.490 e. The lowest BCUT2D eigenvalue weighted by Gasteiger charge is -2.44. The van der Waals surface area contributed by atoms with Gasteiger partial charge in [-0.15, -0.1) is 0 Å². The maximum Gasteiger partial charge on any atom is 0.165 e. The number of carbonyl (C=O) groups excluding carboxylic acids is 1. The summed E-state index contributed by atoms with van der Waals surface area (Å²) in [4.78, 5) is 11.5. The lowest BCUT2D eigenvalue weighted by Crippen LogP contribution is -2.50. The second-order valence-electron chi connectivity index (χ2n) is 4.72. The third-order valence-electron chi connectivity index (χ3n) is 3.87. The van der Waals surface area contributed by atoms with Crippen molar-refractivity contribution >= 4 is 6.29 Å². The van der Waals surface area contributed by atoms with Gasteiger partial charge >= 0.3 is 0 Å². The zero-order chi connectivity index (χ0) is 12.8. The lowest BCUT2D eigenvalue weighted by molar-refractivity contribution is -0.123. The molecule has 2 atom stereocenters. The summed E-state index contributed by atoms with van der Waals surface area (Å²) in [5.74, 6) is -1.60. The van der Waals surface area contributed by atoms with Gasteiger partial charge < -0.3 is 14.3 Å². The molecule has 0 amide bonds. The summed E-state index contributed by atoms with van der Waals surface area (Å²) in [6.07, 6.45) is 1.09. The van der Waals surface area contributed by atoms with Crippen molar-refractivity contribution in [2.45, 2.75) is 11.8 Å². The first kappa shape index (κ1) is 11.6. The van der Waals surface area contributed by atoms with Crippen LogP contribution in [0.4, 0.5) is 8.78 Å². The predicted octanol–water partition coefficient (Wildman–Crippen LogP) is 1.83. The number of fused-ring (bicyclic) bond motifs is 3. The number of benzene rings is 1. The van der Waals surface area contributed by atoms with Crippen molar-refractivity contribution in [2.75, 3.05) is 19.8 Å². The first-order valence-electron chi connectivity index (χ1n) is 5.84. The fraction of sp³-hybridized carbons (Fsp3) is 0.462. The van der Waals surface area contributed by atoms with Crippen molar-refractivity contribution in [3.05, 3.63) is 29.3 Å². The predicted molar refractivity (Wildman–Crippen MR) is 58.5 cm³/mol. The standard InChI is InChI=1S/C13H12F2O3/c14-9-1-2-10(15)12-11(9)13(7-16)3-4-17-5-8(13)6-18-12/h1-2,7-8H,3-6H2. The van der Waals surface area contributed by atoms with Crippen LogP contribution in [0.25, 0.3) is 0 Å². The molecule has 18 heavy (non-hydrogen) atoms. The number of carbonyl (C=O) groups is 1. The molecule has 96 valence electrons. The maximum atomic E-state index is 14.0. The van der Waals surface area contributed by atoms with Gasteiger partial charge in [-0.25, -0.2) is 8.78 Å². The summed E-state index contributed by atoms with van der Waals surface area (Å²) < 4.78 is 38.3. The molecule has 1 aromatic rings. The van der Waals surface area contributed by atoms with E-state index in [1.807, 2.05) is 0 Å². The Labute approximate surface area is 103 Å². The average Bonchev–Trinajstić information content (AvgIpc) is 2.42. The van der Waals surface area contributed by atoms with Crippen LogP contribution < -0.4 is 4.74 Å². The molecular weight excluding hydrogens is 242 g/mol. The zero-order valence-corrected chi connectivity index (χ0v) is 9.62. The Morgan fingerprint density at radius 2 is 2.06 bits per heavy atom. The van der Waals surface area contributed by atoms with E-state index in [9.17, 15) is 13.6 Å². The quantitative estimate of drug-likeness (QED) is 0.717. The minimum atomic E-state index is -1.02. The van der Waals surface area contributed by atoms with Crippen molar-refractivity contribution in [1.29, 1.82) is 0 Å². The Hall–Kier alpha value is -1.49. The lowest BCUT2D eigenvalue weighted by atomic mass is 9.67. The molecule has 1 aromatic carbocycles. The summed E-state index contributed by atoms with van der Waals surface area (Å²) in [5.41, 5.74) is -0.963. The largest absolute Gasteiger partial charge is 0.490 e. The van der Waals surface area contributed by atoms with Gasteiger partial charge in [0.2, 0.25) is 0 Å². The van der Waals surface area contributed by atoms with Crippen LogP contribution in [0.2, 0.25) is 0 Å². The summed E-state index contributed by atoms with van der Waals surface area (Å²) in [6.45, 7) is 0.866. The Bertz CT molecular complexity index is 503. The van der Waals surface area contributed by atoms with Gasteiger partial charge in [0, 0.05) is 18.1 Å². The van der Waals surface area contributed by atoms with Crippen LogP contribution >= 0.6 is 0 Å². The highest BCUT2D eigenvalue weighted by Gasteiger charge is 2.50. The molecule has 3 nitrogen and oxygen atoms in total. The Morgan fingerprint density at radius 3 is 2.83 bits per heavy atom. The smallest absolute Gasteiger partial charge is 0.165 e. The fourth-order valence-electron chi connectivity index (χ4n) is 2.85. The molecule has 0 bridgehead atoms. The summed E-state index contributed by atoms with van der Waals surface area (Å²) in [6, 6.07) is 2.06. The SMILES string of the molecule is O=CC12CCOCC1COc1c(F)ccc(F)c12. The van der Waals surface area contributed by atoms with E-state index < -0.39 is 17.0 Å². The first-order chi connectivity index (χ1) is 8.69. The van der Waals surface area contributed by atoms with Gasteiger partial charge in [0.25, 0.3) is 0 Å². The summed E-state index contributed by atoms with van der Waals surface area (Å²) in [5, 5.41) is 0. The highest BCUT2D eigenvalue weighted by molar-refractivity contribution is 5.72. The van der Waals surface area contributed by atoms with Crippen molar-refractivity contribution < 1.29 is 23.0 Å². The van der Waals surface area contributed by atoms with Gasteiger partial charge in [-0.1, -0.05) is 0 Å². The number of rotatable bonds is 1. The Morgan fingerprint density at radius 1 is 1.28 bits per heavy atom. The van der Waals surface area contributed by atoms with Gasteiger partial charge in [0.05, 0.1) is 18.6 Å². The van der Waals surface area contributed by atoms with Gasteiger partial charge in [-0.2, -0.15) is 0 Å². The third-order valence-corrected chi connectivity index (χ3v) is 3.87. The highest BCUT2D eigenvalue weighted by Crippen LogP contribution is 2.47. The maximum absolute atomic E-state index is 14.0. The van der Waals surface area contributed by atoms with E-state index in [1.54, 1.807) is 0 Å². The number of hydrogen-bond acceptors (Lipinski definition) is 3. The molecule has 2 unspecified atom stereocenters. The number of ether oxygens (including phenoxy) is 2. The van der Waals surface area contributed by atoms with Crippen LogP contribution in [0.5, 0.6) is 5.75 Å². The topological polar surface area (TPSA) is 35.5 Å². The van der Waals surface area contributed by atoms with Gasteiger partial charge in [-0.05, 0) is 18.6 Å². The van der Waals surface area contributed by atoms with Crippen molar-refractivity contribution in [3.63, 3.8) is 0 Å². The van der Waals surface area contributed by atoms with Crippen molar-refractivity contribution in [1.82, 2.24) is 0 Å². The normalized spacial score (nSPS) is 30.0. The van der Waals surface area contributed by atoms with Crippen LogP contribution in [-0.2, 0) is 14.9 Å². The van der Waals surface area contributed by atoms with Gasteiger partial charge in [-0.3, -0.25) is 0 Å². The molecule has 1 saturated heterocycles. The monoisotopic (exact) mass is 254 g/mol. The molecule has 0 aliphatic carbocycles. The van der Waals surface area contributed by atoms with Crippen molar-refractivity contribution in [3.8, 4) is 5.75 Å². The molecule has 0 spiro atoms. The minimum absolute atomic E-state index is 0.0528. The highest BCUT2D eigenvalue weighted by atomic mass is 19.1. The Balaban J connectivity index is 2.24. The van der Waals surface area contributed by atoms with E-state index in [2.05, 4.69) is 0 Å². The van der Waals surface area contributed by atoms with E-state index in [4.69, 9.17) is 9.47 Å². The molecular formula is C13H12F2O3.